The van der Waals surface area contributed by atoms with E-state index in [1.807, 2.05) is 36.4 Å². The van der Waals surface area contributed by atoms with Gasteiger partial charge < -0.3 is 24.8 Å². The summed E-state index contributed by atoms with van der Waals surface area (Å²) >= 11 is 0. The number of carbonyl (C=O) groups excluding carboxylic acids is 1. The maximum absolute atomic E-state index is 13.1. The second kappa shape index (κ2) is 6.21. The summed E-state index contributed by atoms with van der Waals surface area (Å²) in [7, 11) is 4.88. The third kappa shape index (κ3) is 2.33. The molecule has 2 atom stereocenters. The molecule has 2 aromatic rings. The monoisotopic (exact) mass is 354 g/mol. The Kier molecular flexibility index (Phi) is 4.00. The Bertz CT molecular complexity index is 845. The number of benzene rings is 2. The molecule has 2 heterocycles. The fourth-order valence-corrected chi connectivity index (χ4v) is 4.15. The first-order chi connectivity index (χ1) is 12.6. The van der Waals surface area contributed by atoms with Gasteiger partial charge in [-0.2, -0.15) is 0 Å². The van der Waals surface area contributed by atoms with Crippen molar-refractivity contribution in [3.8, 4) is 17.2 Å². The number of rotatable bonds is 4. The van der Waals surface area contributed by atoms with Gasteiger partial charge in [-0.25, -0.2) is 0 Å². The minimum atomic E-state index is -0.679. The zero-order valence-corrected chi connectivity index (χ0v) is 15.1. The number of methoxy groups -OCH3 is 3. The Hall–Kier alpha value is -2.73. The van der Waals surface area contributed by atoms with Crippen molar-refractivity contribution in [2.75, 3.05) is 33.2 Å². The van der Waals surface area contributed by atoms with Crippen molar-refractivity contribution in [2.45, 2.75) is 17.9 Å². The number of amides is 1. The van der Waals surface area contributed by atoms with Crippen LogP contribution in [0.1, 0.15) is 23.6 Å². The molecule has 0 aliphatic carbocycles. The summed E-state index contributed by atoms with van der Waals surface area (Å²) < 4.78 is 16.2. The fraction of sp³-hybridized carbons (Fsp3) is 0.350. The van der Waals surface area contributed by atoms with E-state index in [-0.39, 0.29) is 11.9 Å². The summed E-state index contributed by atoms with van der Waals surface area (Å²) in [5, 5.41) is 6.55. The van der Waals surface area contributed by atoms with Gasteiger partial charge in [0.2, 0.25) is 5.91 Å². The van der Waals surface area contributed by atoms with Crippen LogP contribution < -0.4 is 24.8 Å². The molecule has 2 aliphatic heterocycles. The van der Waals surface area contributed by atoms with Crippen molar-refractivity contribution >= 4 is 11.6 Å². The van der Waals surface area contributed by atoms with E-state index in [4.69, 9.17) is 14.2 Å². The van der Waals surface area contributed by atoms with Crippen LogP contribution in [-0.4, -0.2) is 33.8 Å². The molecule has 0 radical (unpaired) electrons. The summed E-state index contributed by atoms with van der Waals surface area (Å²) in [6, 6.07) is 11.3. The molecule has 2 aliphatic rings. The molecular weight excluding hydrogens is 332 g/mol. The molecule has 4 rings (SSSR count). The van der Waals surface area contributed by atoms with E-state index in [9.17, 15) is 4.79 Å². The summed E-state index contributed by atoms with van der Waals surface area (Å²) in [6.07, 6.45) is 0.712. The molecule has 0 unspecified atom stereocenters. The number of hydrogen-bond donors (Lipinski definition) is 2. The van der Waals surface area contributed by atoms with Gasteiger partial charge in [-0.05, 0) is 54.4 Å². The van der Waals surface area contributed by atoms with E-state index in [2.05, 4.69) is 10.6 Å². The lowest BCUT2D eigenvalue weighted by Gasteiger charge is -2.30. The molecule has 0 bridgehead atoms. The normalized spacial score (nSPS) is 23.7. The van der Waals surface area contributed by atoms with Gasteiger partial charge in [0.25, 0.3) is 0 Å². The molecule has 1 saturated heterocycles. The molecule has 0 aromatic heterocycles. The van der Waals surface area contributed by atoms with E-state index in [1.165, 1.54) is 0 Å². The van der Waals surface area contributed by atoms with Crippen molar-refractivity contribution in [1.29, 1.82) is 0 Å². The minimum absolute atomic E-state index is 0.0116. The highest BCUT2D eigenvalue weighted by molar-refractivity contribution is 6.07. The highest BCUT2D eigenvalue weighted by atomic mass is 16.5. The molecule has 0 saturated carbocycles. The van der Waals surface area contributed by atoms with E-state index in [0.717, 1.165) is 29.1 Å². The van der Waals surface area contributed by atoms with Crippen LogP contribution >= 0.6 is 0 Å². The van der Waals surface area contributed by atoms with E-state index >= 15 is 0 Å². The van der Waals surface area contributed by atoms with Crippen molar-refractivity contribution in [3.63, 3.8) is 0 Å². The lowest BCUT2D eigenvalue weighted by Crippen LogP contribution is -2.39. The van der Waals surface area contributed by atoms with Gasteiger partial charge >= 0.3 is 0 Å². The molecule has 2 aromatic carbocycles. The first-order valence-electron chi connectivity index (χ1n) is 8.58. The summed E-state index contributed by atoms with van der Waals surface area (Å²) in [4.78, 5) is 13.1. The van der Waals surface area contributed by atoms with Crippen LogP contribution in [0.5, 0.6) is 17.2 Å². The lowest BCUT2D eigenvalue weighted by atomic mass is 9.72. The minimum Gasteiger partial charge on any atom is -0.497 e. The van der Waals surface area contributed by atoms with Crippen LogP contribution in [0, 0.1) is 0 Å². The third-order valence-electron chi connectivity index (χ3n) is 5.43. The average Bonchev–Trinajstić information content (AvgIpc) is 3.24. The zero-order chi connectivity index (χ0) is 18.3. The molecule has 6 heteroatoms. The van der Waals surface area contributed by atoms with Crippen LogP contribution in [0.3, 0.4) is 0 Å². The second-order valence-electron chi connectivity index (χ2n) is 6.62. The smallest absolute Gasteiger partial charge is 0.237 e. The zero-order valence-electron chi connectivity index (χ0n) is 15.1. The predicted molar refractivity (Wildman–Crippen MR) is 98.2 cm³/mol. The largest absolute Gasteiger partial charge is 0.497 e. The molecule has 136 valence electrons. The Balaban J connectivity index is 1.86. The first kappa shape index (κ1) is 16.7. The topological polar surface area (TPSA) is 68.8 Å². The van der Waals surface area contributed by atoms with Gasteiger partial charge in [0.05, 0.1) is 32.8 Å². The molecular formula is C20H22N2O4. The van der Waals surface area contributed by atoms with Crippen molar-refractivity contribution < 1.29 is 19.0 Å². The lowest BCUT2D eigenvalue weighted by molar-refractivity contribution is -0.121. The van der Waals surface area contributed by atoms with Crippen LogP contribution in [0.2, 0.25) is 0 Å². The van der Waals surface area contributed by atoms with Gasteiger partial charge in [-0.1, -0.05) is 0 Å². The summed E-state index contributed by atoms with van der Waals surface area (Å²) in [6.45, 7) is 0.744. The van der Waals surface area contributed by atoms with E-state index < -0.39 is 5.41 Å². The third-order valence-corrected chi connectivity index (χ3v) is 5.43. The number of ether oxygens (including phenoxy) is 3. The number of fused-ring (bicyclic) bond motifs is 2. The number of anilines is 1. The standard InChI is InChI=1S/C20H22N2O4/c1-24-13-4-5-17-16(11-13)20(19(23)22-17)6-7-21-18(20)12-8-14(25-2)10-15(9-12)26-3/h4-5,8-11,18,21H,6-7H2,1-3H3,(H,22,23)/t18-,20+/m1/s1. The van der Waals surface area contributed by atoms with Crippen molar-refractivity contribution in [3.05, 3.63) is 47.5 Å². The molecule has 1 spiro atoms. The Morgan fingerprint density at radius 1 is 0.962 bits per heavy atom. The fourth-order valence-electron chi connectivity index (χ4n) is 4.15. The average molecular weight is 354 g/mol. The maximum Gasteiger partial charge on any atom is 0.237 e. The molecule has 2 N–H and O–H groups in total. The number of hydrogen-bond acceptors (Lipinski definition) is 5. The van der Waals surface area contributed by atoms with Crippen LogP contribution in [0.4, 0.5) is 5.69 Å². The molecule has 1 amide bonds. The summed E-state index contributed by atoms with van der Waals surface area (Å²) in [5.74, 6) is 2.16. The van der Waals surface area contributed by atoms with Crippen LogP contribution in [0.15, 0.2) is 36.4 Å². The summed E-state index contributed by atoms with van der Waals surface area (Å²) in [5.41, 5.74) is 2.10. The Morgan fingerprint density at radius 2 is 1.65 bits per heavy atom. The highest BCUT2D eigenvalue weighted by Crippen LogP contribution is 2.52. The van der Waals surface area contributed by atoms with Gasteiger partial charge in [0.15, 0.2) is 0 Å². The van der Waals surface area contributed by atoms with Gasteiger partial charge in [-0.15, -0.1) is 0 Å². The predicted octanol–water partition coefficient (Wildman–Crippen LogP) is 2.64. The van der Waals surface area contributed by atoms with Gasteiger partial charge in [0, 0.05) is 11.8 Å². The van der Waals surface area contributed by atoms with Crippen LogP contribution in [-0.2, 0) is 10.2 Å². The van der Waals surface area contributed by atoms with E-state index in [0.29, 0.717) is 17.9 Å². The molecule has 26 heavy (non-hydrogen) atoms. The Morgan fingerprint density at radius 3 is 2.31 bits per heavy atom. The maximum atomic E-state index is 13.1. The Labute approximate surface area is 152 Å². The quantitative estimate of drug-likeness (QED) is 0.883. The van der Waals surface area contributed by atoms with Gasteiger partial charge in [-0.3, -0.25) is 4.79 Å². The molecule has 1 fully saturated rings. The first-order valence-corrected chi connectivity index (χ1v) is 8.58. The molecule has 6 nitrogen and oxygen atoms in total. The second-order valence-corrected chi connectivity index (χ2v) is 6.62. The van der Waals surface area contributed by atoms with Gasteiger partial charge in [0.1, 0.15) is 17.2 Å². The van der Waals surface area contributed by atoms with Crippen molar-refractivity contribution in [2.24, 2.45) is 0 Å². The number of carbonyl (C=O) groups is 1. The van der Waals surface area contributed by atoms with E-state index in [1.54, 1.807) is 21.3 Å². The highest BCUT2D eigenvalue weighted by Gasteiger charge is 2.55. The van der Waals surface area contributed by atoms with Crippen LogP contribution in [0.25, 0.3) is 0 Å². The number of nitrogens with one attached hydrogen (secondary N) is 2. The van der Waals surface area contributed by atoms with Crippen molar-refractivity contribution in [1.82, 2.24) is 5.32 Å². The SMILES string of the molecule is COc1cc(OC)cc([C@H]2NCC[C@@]23C(=O)Nc2ccc(OC)cc23)c1.